The number of rotatable bonds is 13. The number of pyridine rings is 1. The highest BCUT2D eigenvalue weighted by Gasteiger charge is 2.36. The summed E-state index contributed by atoms with van der Waals surface area (Å²) in [5, 5.41) is 26.3. The quantitative estimate of drug-likeness (QED) is 0.203. The lowest BCUT2D eigenvalue weighted by Crippen LogP contribution is -2.35. The van der Waals surface area contributed by atoms with Gasteiger partial charge < -0.3 is 24.4 Å². The molecule has 3 atom stereocenters. The van der Waals surface area contributed by atoms with E-state index in [0.717, 1.165) is 11.1 Å². The minimum absolute atomic E-state index is 0.0861. The predicted octanol–water partition coefficient (Wildman–Crippen LogP) is 1.99. The maximum Gasteiger partial charge on any atom is 0.243 e. The van der Waals surface area contributed by atoms with Crippen LogP contribution in [0.4, 0.5) is 5.95 Å². The number of hydrogen-bond donors (Lipinski definition) is 3. The summed E-state index contributed by atoms with van der Waals surface area (Å²) in [5.74, 6) is 0.955. The van der Waals surface area contributed by atoms with Gasteiger partial charge in [0.1, 0.15) is 34.6 Å². The van der Waals surface area contributed by atoms with Crippen LogP contribution in [0.1, 0.15) is 30.0 Å². The summed E-state index contributed by atoms with van der Waals surface area (Å²) in [4.78, 5) is 12.7. The first kappa shape index (κ1) is 30.8. The summed E-state index contributed by atoms with van der Waals surface area (Å²) in [6, 6.07) is 6.96. The number of para-hydroxylation sites is 1. The molecule has 15 heteroatoms. The number of ether oxygens (including phenoxy) is 3. The van der Waals surface area contributed by atoms with Gasteiger partial charge in [-0.15, -0.1) is 10.2 Å². The third kappa shape index (κ3) is 6.65. The second kappa shape index (κ2) is 13.2. The maximum absolute atomic E-state index is 13.9. The van der Waals surface area contributed by atoms with Crippen LogP contribution in [0.3, 0.4) is 0 Å². The maximum atomic E-state index is 13.9. The zero-order valence-corrected chi connectivity index (χ0v) is 24.6. The van der Waals surface area contributed by atoms with Gasteiger partial charge in [-0.1, -0.05) is 6.07 Å². The number of nitrogens with zero attached hydrogens (tertiary/aromatic N) is 6. The molecular formula is C27H33N7O7S. The molecule has 0 spiro atoms. The second-order valence-corrected chi connectivity index (χ2v) is 11.5. The smallest absolute Gasteiger partial charge is 0.243 e. The van der Waals surface area contributed by atoms with Crippen molar-refractivity contribution in [3.63, 3.8) is 0 Å². The van der Waals surface area contributed by atoms with Crippen LogP contribution in [-0.4, -0.2) is 87.1 Å². The van der Waals surface area contributed by atoms with Gasteiger partial charge in [0.05, 0.1) is 27.4 Å². The van der Waals surface area contributed by atoms with Crippen molar-refractivity contribution >= 4 is 16.0 Å². The zero-order chi connectivity index (χ0) is 30.4. The minimum Gasteiger partial charge on any atom is -0.494 e. The molecule has 3 aromatic heterocycles. The summed E-state index contributed by atoms with van der Waals surface area (Å²) in [6.45, 7) is 4.15. The van der Waals surface area contributed by atoms with Gasteiger partial charge in [0, 0.05) is 30.4 Å². The number of hydrogen-bond acceptors (Lipinski definition) is 12. The van der Waals surface area contributed by atoms with E-state index in [4.69, 9.17) is 14.2 Å². The number of aliphatic hydroxyl groups is 2. The Morgan fingerprint density at radius 3 is 2.26 bits per heavy atom. The lowest BCUT2D eigenvalue weighted by Gasteiger charge is -2.25. The number of aryl methyl sites for hydroxylation is 2. The largest absolute Gasteiger partial charge is 0.494 e. The van der Waals surface area contributed by atoms with Crippen LogP contribution in [0.5, 0.6) is 11.5 Å². The highest BCUT2D eigenvalue weighted by molar-refractivity contribution is 7.93. The van der Waals surface area contributed by atoms with Crippen LogP contribution in [0.2, 0.25) is 0 Å². The molecule has 1 aromatic carbocycles. The monoisotopic (exact) mass is 599 g/mol. The molecule has 0 amide bonds. The van der Waals surface area contributed by atoms with Crippen LogP contribution >= 0.6 is 0 Å². The molecule has 4 aromatic rings. The highest BCUT2D eigenvalue weighted by Crippen LogP contribution is 2.38. The fourth-order valence-electron chi connectivity index (χ4n) is 4.10. The molecule has 0 fully saturated rings. The topological polar surface area (TPSA) is 184 Å². The van der Waals surface area contributed by atoms with E-state index in [2.05, 4.69) is 29.9 Å². The van der Waals surface area contributed by atoms with Crippen molar-refractivity contribution in [2.75, 3.05) is 32.2 Å². The molecule has 0 unspecified atom stereocenters. The van der Waals surface area contributed by atoms with E-state index < -0.39 is 34.1 Å². The molecule has 0 aliphatic heterocycles. The van der Waals surface area contributed by atoms with E-state index in [-0.39, 0.29) is 24.2 Å². The Morgan fingerprint density at radius 2 is 1.67 bits per heavy atom. The van der Waals surface area contributed by atoms with Crippen LogP contribution in [0.25, 0.3) is 17.1 Å². The van der Waals surface area contributed by atoms with Crippen molar-refractivity contribution in [1.29, 1.82) is 0 Å². The first-order chi connectivity index (χ1) is 20.1. The normalized spacial score (nSPS) is 13.8. The lowest BCUT2D eigenvalue weighted by atomic mass is 10.2. The zero-order valence-electron chi connectivity index (χ0n) is 23.8. The van der Waals surface area contributed by atoms with Gasteiger partial charge in [-0.25, -0.2) is 18.4 Å². The molecule has 0 saturated carbocycles. The molecule has 14 nitrogen and oxygen atoms in total. The summed E-state index contributed by atoms with van der Waals surface area (Å²) in [6.07, 6.45) is 3.89. The van der Waals surface area contributed by atoms with Gasteiger partial charge >= 0.3 is 0 Å². The number of aromatic nitrogens is 6. The Bertz CT molecular complexity index is 1590. The van der Waals surface area contributed by atoms with Crippen LogP contribution in [-0.2, 0) is 14.8 Å². The van der Waals surface area contributed by atoms with Gasteiger partial charge in [-0.3, -0.25) is 14.3 Å². The molecule has 0 aliphatic carbocycles. The minimum atomic E-state index is -4.29. The second-order valence-electron chi connectivity index (χ2n) is 9.51. The molecule has 3 N–H and O–H groups in total. The van der Waals surface area contributed by atoms with E-state index in [1.54, 1.807) is 37.5 Å². The number of benzene rings is 1. The number of methoxy groups -OCH3 is 2. The van der Waals surface area contributed by atoms with E-state index >= 15 is 0 Å². The molecule has 0 bridgehead atoms. The number of aliphatic hydroxyl groups excluding tert-OH is 2. The van der Waals surface area contributed by atoms with Gasteiger partial charge in [0.25, 0.3) is 0 Å². The van der Waals surface area contributed by atoms with Gasteiger partial charge in [-0.05, 0) is 50.1 Å². The Labute approximate surface area is 243 Å². The molecule has 42 heavy (non-hydrogen) atoms. The average Bonchev–Trinajstić information content (AvgIpc) is 3.39. The SMILES string of the molecule is COc1cccc(OC)c1-n1c(NS(=O)(=O)[C@H](C)[C@@H](OC[C@H](O)CO)c2ncc(C)cn2)nnc1-c1cncc(C)c1. The Morgan fingerprint density at radius 1 is 1.00 bits per heavy atom. The average molecular weight is 600 g/mol. The predicted molar refractivity (Wildman–Crippen MR) is 153 cm³/mol. The van der Waals surface area contributed by atoms with Crippen molar-refractivity contribution in [2.45, 2.75) is 38.2 Å². The third-order valence-corrected chi connectivity index (χ3v) is 8.00. The van der Waals surface area contributed by atoms with Gasteiger partial charge in [0.15, 0.2) is 11.6 Å². The van der Waals surface area contributed by atoms with Crippen molar-refractivity contribution in [3.8, 4) is 28.6 Å². The van der Waals surface area contributed by atoms with Gasteiger partial charge in [0.2, 0.25) is 16.0 Å². The third-order valence-electron chi connectivity index (χ3n) is 6.31. The molecular weight excluding hydrogens is 566 g/mol. The molecule has 3 heterocycles. The van der Waals surface area contributed by atoms with Crippen molar-refractivity contribution in [2.24, 2.45) is 0 Å². The van der Waals surface area contributed by atoms with E-state index in [1.807, 2.05) is 13.0 Å². The molecule has 0 aliphatic rings. The van der Waals surface area contributed by atoms with Crippen LogP contribution < -0.4 is 14.2 Å². The molecule has 4 rings (SSSR count). The van der Waals surface area contributed by atoms with Crippen molar-refractivity contribution in [3.05, 3.63) is 66.0 Å². The molecule has 224 valence electrons. The van der Waals surface area contributed by atoms with Crippen molar-refractivity contribution < 1.29 is 32.8 Å². The van der Waals surface area contributed by atoms with E-state index in [1.165, 1.54) is 38.1 Å². The van der Waals surface area contributed by atoms with Crippen molar-refractivity contribution in [1.82, 2.24) is 29.7 Å². The number of anilines is 1. The highest BCUT2D eigenvalue weighted by atomic mass is 32.2. The standard InChI is InChI=1S/C27H33N7O7S/c1-16-9-19(13-28-10-16)26-31-32-27(34(26)23-21(39-4)7-6-8-22(23)40-5)33-42(37,38)18(3)24(41-15-20(36)14-35)25-29-11-17(2)12-30-25/h6-13,18,20,24,35-36H,14-15H2,1-5H3,(H,32,33)/t18-,20-,24-/m1/s1. The van der Waals surface area contributed by atoms with E-state index in [0.29, 0.717) is 22.7 Å². The number of sulfonamides is 1. The number of nitrogens with one attached hydrogen (secondary N) is 1. The lowest BCUT2D eigenvalue weighted by molar-refractivity contribution is -0.0324. The molecule has 0 saturated heterocycles. The summed E-state index contributed by atoms with van der Waals surface area (Å²) in [5.41, 5.74) is 2.54. The summed E-state index contributed by atoms with van der Waals surface area (Å²) < 4.78 is 48.7. The Hall–Kier alpha value is -4.18. The first-order valence-electron chi connectivity index (χ1n) is 12.9. The van der Waals surface area contributed by atoms with E-state index in [9.17, 15) is 18.6 Å². The fourth-order valence-corrected chi connectivity index (χ4v) is 5.20. The summed E-state index contributed by atoms with van der Waals surface area (Å²) in [7, 11) is -1.33. The fraction of sp³-hybridized carbons (Fsp3) is 0.370. The molecule has 0 radical (unpaired) electrons. The van der Waals surface area contributed by atoms with Gasteiger partial charge in [-0.2, -0.15) is 0 Å². The summed E-state index contributed by atoms with van der Waals surface area (Å²) >= 11 is 0. The van der Waals surface area contributed by atoms with Crippen LogP contribution in [0, 0.1) is 13.8 Å². The first-order valence-corrected chi connectivity index (χ1v) is 14.4. The van der Waals surface area contributed by atoms with Crippen LogP contribution in [0.15, 0.2) is 49.1 Å². The Kier molecular flexibility index (Phi) is 9.67. The Balaban J connectivity index is 1.82.